The number of thiophene rings is 1. The number of carboxylic acid groups (broad SMARTS) is 1. The summed E-state index contributed by atoms with van der Waals surface area (Å²) in [7, 11) is -3.62. The molecule has 7 heteroatoms. The Balaban J connectivity index is 2.74. The lowest BCUT2D eigenvalue weighted by Gasteiger charge is -1.99. The maximum Gasteiger partial charge on any atom is 0.318 e. The summed E-state index contributed by atoms with van der Waals surface area (Å²) in [5.74, 6) is -1.21. The summed E-state index contributed by atoms with van der Waals surface area (Å²) in [5, 5.41) is 9.86. The zero-order valence-electron chi connectivity index (χ0n) is 6.43. The normalized spacial score (nSPS) is 11.4. The van der Waals surface area contributed by atoms with Crippen LogP contribution in [0.1, 0.15) is 0 Å². The summed E-state index contributed by atoms with van der Waals surface area (Å²) in [6.07, 6.45) is 0. The minimum Gasteiger partial charge on any atom is -0.480 e. The van der Waals surface area contributed by atoms with Crippen LogP contribution >= 0.6 is 11.3 Å². The summed E-state index contributed by atoms with van der Waals surface area (Å²) in [6.45, 7) is -0.597. The molecule has 0 aliphatic rings. The van der Waals surface area contributed by atoms with E-state index >= 15 is 0 Å². The fraction of sp³-hybridized carbons (Fsp3) is 0.167. The Labute approximate surface area is 79.1 Å². The Hall–Kier alpha value is -0.920. The van der Waals surface area contributed by atoms with Gasteiger partial charge in [-0.3, -0.25) is 4.79 Å². The fourth-order valence-electron chi connectivity index (χ4n) is 0.644. The van der Waals surface area contributed by atoms with Gasteiger partial charge in [0.25, 0.3) is 10.0 Å². The second kappa shape index (κ2) is 3.86. The Morgan fingerprint density at radius 1 is 1.62 bits per heavy atom. The van der Waals surface area contributed by atoms with Crippen LogP contribution in [0, 0.1) is 0 Å². The Kier molecular flexibility index (Phi) is 3.02. The topological polar surface area (TPSA) is 83.5 Å². The van der Waals surface area contributed by atoms with Crippen LogP contribution < -0.4 is 4.72 Å². The van der Waals surface area contributed by atoms with Crippen LogP contribution in [0.15, 0.2) is 21.7 Å². The molecular weight excluding hydrogens is 214 g/mol. The molecule has 0 saturated heterocycles. The average Bonchev–Trinajstić information content (AvgIpc) is 2.53. The number of rotatable bonds is 4. The molecule has 0 fully saturated rings. The summed E-state index contributed by atoms with van der Waals surface area (Å²) in [6, 6.07) is 2.99. The van der Waals surface area contributed by atoms with Crippen LogP contribution in [0.25, 0.3) is 0 Å². The molecule has 0 aromatic carbocycles. The largest absolute Gasteiger partial charge is 0.480 e. The molecule has 72 valence electrons. The van der Waals surface area contributed by atoms with E-state index in [2.05, 4.69) is 0 Å². The first kappa shape index (κ1) is 10.2. The SMILES string of the molecule is O=C(O)CNS(=O)(=O)c1cccs1. The molecule has 0 aliphatic carbocycles. The summed E-state index contributed by atoms with van der Waals surface area (Å²) < 4.78 is 24.5. The third-order valence-electron chi connectivity index (χ3n) is 1.17. The van der Waals surface area contributed by atoms with Gasteiger partial charge in [0.1, 0.15) is 10.8 Å². The van der Waals surface area contributed by atoms with E-state index < -0.39 is 22.5 Å². The van der Waals surface area contributed by atoms with Crippen molar-refractivity contribution in [3.63, 3.8) is 0 Å². The molecule has 0 amide bonds. The molecular formula is C6H7NO4S2. The van der Waals surface area contributed by atoms with Crippen molar-refractivity contribution in [3.8, 4) is 0 Å². The molecule has 0 spiro atoms. The maximum absolute atomic E-state index is 11.2. The lowest BCUT2D eigenvalue weighted by atomic mass is 10.7. The lowest BCUT2D eigenvalue weighted by Crippen LogP contribution is -2.28. The molecule has 13 heavy (non-hydrogen) atoms. The predicted molar refractivity (Wildman–Crippen MR) is 47.1 cm³/mol. The zero-order chi connectivity index (χ0) is 9.90. The molecule has 0 bridgehead atoms. The maximum atomic E-state index is 11.2. The van der Waals surface area contributed by atoms with E-state index in [9.17, 15) is 13.2 Å². The highest BCUT2D eigenvalue weighted by molar-refractivity contribution is 7.91. The number of nitrogens with one attached hydrogen (secondary N) is 1. The third-order valence-corrected chi connectivity index (χ3v) is 3.97. The molecule has 5 nitrogen and oxygen atoms in total. The van der Waals surface area contributed by atoms with Gasteiger partial charge in [0.15, 0.2) is 0 Å². The molecule has 2 N–H and O–H groups in total. The standard InChI is InChI=1S/C6H7NO4S2/c8-5(9)4-7-13(10,11)6-2-1-3-12-6/h1-3,7H,4H2,(H,8,9). The van der Waals surface area contributed by atoms with Gasteiger partial charge in [-0.1, -0.05) is 6.07 Å². The van der Waals surface area contributed by atoms with Crippen LogP contribution in [-0.4, -0.2) is 26.0 Å². The first-order chi connectivity index (χ1) is 6.02. The van der Waals surface area contributed by atoms with Crippen LogP contribution in [0.5, 0.6) is 0 Å². The summed E-state index contributed by atoms with van der Waals surface area (Å²) >= 11 is 1.04. The monoisotopic (exact) mass is 221 g/mol. The van der Waals surface area contributed by atoms with Crippen molar-refractivity contribution in [2.75, 3.05) is 6.54 Å². The highest BCUT2D eigenvalue weighted by atomic mass is 32.2. The molecule has 1 aromatic rings. The van der Waals surface area contributed by atoms with Crippen LogP contribution in [-0.2, 0) is 14.8 Å². The second-order valence-electron chi connectivity index (χ2n) is 2.15. The van der Waals surface area contributed by atoms with Crippen molar-refractivity contribution in [2.24, 2.45) is 0 Å². The van der Waals surface area contributed by atoms with Crippen molar-refractivity contribution in [2.45, 2.75) is 4.21 Å². The molecule has 0 saturated carbocycles. The zero-order valence-corrected chi connectivity index (χ0v) is 8.06. The van der Waals surface area contributed by atoms with Crippen LogP contribution in [0.4, 0.5) is 0 Å². The van der Waals surface area contributed by atoms with E-state index in [1.54, 1.807) is 11.4 Å². The molecule has 0 aliphatic heterocycles. The van der Waals surface area contributed by atoms with E-state index in [1.165, 1.54) is 6.07 Å². The van der Waals surface area contributed by atoms with Crippen molar-refractivity contribution in [1.29, 1.82) is 0 Å². The van der Waals surface area contributed by atoms with Crippen LogP contribution in [0.2, 0.25) is 0 Å². The number of hydrogen-bond acceptors (Lipinski definition) is 4. The summed E-state index contributed by atoms with van der Waals surface area (Å²) in [5.41, 5.74) is 0. The van der Waals surface area contributed by atoms with Gasteiger partial charge in [0.05, 0.1) is 0 Å². The number of hydrogen-bond donors (Lipinski definition) is 2. The quantitative estimate of drug-likeness (QED) is 0.756. The average molecular weight is 221 g/mol. The lowest BCUT2D eigenvalue weighted by molar-refractivity contribution is -0.135. The van der Waals surface area contributed by atoms with Gasteiger partial charge in [0.2, 0.25) is 0 Å². The third kappa shape index (κ3) is 2.79. The number of carbonyl (C=O) groups is 1. The number of carboxylic acids is 1. The van der Waals surface area contributed by atoms with Gasteiger partial charge in [-0.05, 0) is 11.4 Å². The molecule has 0 unspecified atom stereocenters. The van der Waals surface area contributed by atoms with Crippen molar-refractivity contribution < 1.29 is 18.3 Å². The number of aliphatic carboxylic acids is 1. The van der Waals surface area contributed by atoms with E-state index in [0.717, 1.165) is 11.3 Å². The van der Waals surface area contributed by atoms with E-state index in [1.807, 2.05) is 4.72 Å². The second-order valence-corrected chi connectivity index (χ2v) is 5.09. The Morgan fingerprint density at radius 2 is 2.31 bits per heavy atom. The predicted octanol–water partition coefficient (Wildman–Crippen LogP) is 0.111. The van der Waals surface area contributed by atoms with Gasteiger partial charge in [-0.25, -0.2) is 8.42 Å². The number of sulfonamides is 1. The van der Waals surface area contributed by atoms with Gasteiger partial charge in [-0.15, -0.1) is 11.3 Å². The first-order valence-corrected chi connectivity index (χ1v) is 5.63. The summed E-state index contributed by atoms with van der Waals surface area (Å²) in [4.78, 5) is 10.1. The molecule has 0 atom stereocenters. The Bertz CT molecular complexity index is 381. The highest BCUT2D eigenvalue weighted by Crippen LogP contribution is 2.14. The molecule has 0 radical (unpaired) electrons. The van der Waals surface area contributed by atoms with E-state index in [0.29, 0.717) is 0 Å². The molecule has 1 aromatic heterocycles. The van der Waals surface area contributed by atoms with Gasteiger partial charge < -0.3 is 5.11 Å². The van der Waals surface area contributed by atoms with Gasteiger partial charge in [-0.2, -0.15) is 4.72 Å². The van der Waals surface area contributed by atoms with Gasteiger partial charge in [0, 0.05) is 0 Å². The Morgan fingerprint density at radius 3 is 2.77 bits per heavy atom. The minimum atomic E-state index is -3.62. The van der Waals surface area contributed by atoms with Crippen LogP contribution in [0.3, 0.4) is 0 Å². The minimum absolute atomic E-state index is 0.119. The highest BCUT2D eigenvalue weighted by Gasteiger charge is 2.15. The van der Waals surface area contributed by atoms with E-state index in [4.69, 9.17) is 5.11 Å². The first-order valence-electron chi connectivity index (χ1n) is 3.27. The van der Waals surface area contributed by atoms with Crippen molar-refractivity contribution in [3.05, 3.63) is 17.5 Å². The van der Waals surface area contributed by atoms with Crippen molar-refractivity contribution >= 4 is 27.3 Å². The fourth-order valence-corrected chi connectivity index (χ4v) is 2.66. The molecule has 1 heterocycles. The smallest absolute Gasteiger partial charge is 0.318 e. The van der Waals surface area contributed by atoms with Crippen molar-refractivity contribution in [1.82, 2.24) is 4.72 Å². The van der Waals surface area contributed by atoms with Gasteiger partial charge >= 0.3 is 5.97 Å². The van der Waals surface area contributed by atoms with E-state index in [-0.39, 0.29) is 4.21 Å². The molecule has 1 rings (SSSR count).